The van der Waals surface area contributed by atoms with E-state index >= 15 is 0 Å². The molecule has 0 fully saturated rings. The first kappa shape index (κ1) is 16.1. The summed E-state index contributed by atoms with van der Waals surface area (Å²) in [6.45, 7) is 0.636. The lowest BCUT2D eigenvalue weighted by Crippen LogP contribution is -2.25. The molecule has 0 saturated carbocycles. The number of hydrogen-bond donors (Lipinski definition) is 2. The molecule has 6 heteroatoms. The Hall–Kier alpha value is -1.00. The monoisotopic (exact) mass is 298 g/mol. The molecule has 0 amide bonds. The van der Waals surface area contributed by atoms with Crippen LogP contribution in [0.3, 0.4) is 0 Å². The Labute approximate surface area is 119 Å². The van der Waals surface area contributed by atoms with E-state index in [2.05, 4.69) is 16.6 Å². The number of nitrogens with two attached hydrogens (primary N) is 1. The second kappa shape index (κ2) is 8.23. The zero-order chi connectivity index (χ0) is 14.1. The molecule has 104 valence electrons. The first-order valence-corrected chi connectivity index (χ1v) is 8.76. The van der Waals surface area contributed by atoms with Gasteiger partial charge in [0.25, 0.3) is 0 Å². The highest BCUT2D eigenvalue weighted by Crippen LogP contribution is 2.14. The predicted octanol–water partition coefficient (Wildman–Crippen LogP) is 1.03. The highest BCUT2D eigenvalue weighted by molar-refractivity contribution is 7.98. The molecule has 1 rings (SSSR count). The van der Waals surface area contributed by atoms with Gasteiger partial charge in [-0.15, -0.1) is 0 Å². The Balaban J connectivity index is 2.88. The van der Waals surface area contributed by atoms with Crippen LogP contribution in [0, 0.1) is 11.8 Å². The lowest BCUT2D eigenvalue weighted by Gasteiger charge is -2.08. The number of rotatable bonds is 6. The largest absolute Gasteiger partial charge is 0.320 e. The number of thioether (sulfide) groups is 1. The van der Waals surface area contributed by atoms with E-state index in [0.29, 0.717) is 12.1 Å². The molecule has 0 bridgehead atoms. The van der Waals surface area contributed by atoms with E-state index in [1.165, 1.54) is 0 Å². The first-order chi connectivity index (χ1) is 9.11. The third kappa shape index (κ3) is 5.25. The van der Waals surface area contributed by atoms with Crippen molar-refractivity contribution in [3.05, 3.63) is 29.8 Å². The first-order valence-electron chi connectivity index (χ1n) is 5.88. The van der Waals surface area contributed by atoms with Gasteiger partial charge in [0.1, 0.15) is 0 Å². The molecule has 0 aliphatic heterocycles. The topological polar surface area (TPSA) is 72.2 Å². The molecule has 0 aliphatic rings. The fraction of sp³-hybridized carbons (Fsp3) is 0.385. The Morgan fingerprint density at radius 3 is 2.79 bits per heavy atom. The molecule has 0 radical (unpaired) electrons. The van der Waals surface area contributed by atoms with Crippen molar-refractivity contribution in [2.45, 2.75) is 11.3 Å². The van der Waals surface area contributed by atoms with E-state index in [1.54, 1.807) is 36.0 Å². The van der Waals surface area contributed by atoms with E-state index < -0.39 is 10.0 Å². The Kier molecular flexibility index (Phi) is 6.95. The minimum absolute atomic E-state index is 0.204. The lowest BCUT2D eigenvalue weighted by atomic mass is 10.2. The van der Waals surface area contributed by atoms with Crippen molar-refractivity contribution in [1.29, 1.82) is 0 Å². The maximum absolute atomic E-state index is 12.2. The van der Waals surface area contributed by atoms with Gasteiger partial charge in [0.05, 0.1) is 11.4 Å². The van der Waals surface area contributed by atoms with E-state index in [1.807, 2.05) is 6.26 Å². The minimum atomic E-state index is -3.50. The van der Waals surface area contributed by atoms with Crippen molar-refractivity contribution in [2.75, 3.05) is 25.1 Å². The fourth-order valence-electron chi connectivity index (χ4n) is 1.45. The van der Waals surface area contributed by atoms with Crippen LogP contribution in [-0.2, 0) is 10.0 Å². The van der Waals surface area contributed by atoms with E-state index in [4.69, 9.17) is 5.73 Å². The standard InChI is InChI=1S/C13H18N2O2S2/c1-18-11-5-10-15-19(16,17)13-8-3-2-6-12(13)7-4-9-14/h2-3,6,8,15H,5,9-11,14H2,1H3. The molecule has 1 aromatic carbocycles. The summed E-state index contributed by atoms with van der Waals surface area (Å²) in [5.41, 5.74) is 5.79. The van der Waals surface area contributed by atoms with Crippen LogP contribution < -0.4 is 10.5 Å². The van der Waals surface area contributed by atoms with Crippen LogP contribution in [0.5, 0.6) is 0 Å². The molecular weight excluding hydrogens is 280 g/mol. The van der Waals surface area contributed by atoms with Crippen molar-refractivity contribution < 1.29 is 8.42 Å². The van der Waals surface area contributed by atoms with Crippen molar-refractivity contribution >= 4 is 21.8 Å². The summed E-state index contributed by atoms with van der Waals surface area (Å²) in [5.74, 6) is 6.39. The summed E-state index contributed by atoms with van der Waals surface area (Å²) >= 11 is 1.69. The smallest absolute Gasteiger partial charge is 0.241 e. The average Bonchev–Trinajstić information content (AvgIpc) is 2.41. The van der Waals surface area contributed by atoms with Gasteiger partial charge >= 0.3 is 0 Å². The molecule has 0 unspecified atom stereocenters. The Morgan fingerprint density at radius 1 is 1.37 bits per heavy atom. The molecule has 0 atom stereocenters. The van der Waals surface area contributed by atoms with Crippen molar-refractivity contribution in [3.63, 3.8) is 0 Å². The maximum Gasteiger partial charge on any atom is 0.241 e. The second-order valence-corrected chi connectivity index (χ2v) is 6.47. The van der Waals surface area contributed by atoms with Gasteiger partial charge in [-0.2, -0.15) is 11.8 Å². The second-order valence-electron chi connectivity index (χ2n) is 3.75. The Morgan fingerprint density at radius 2 is 2.11 bits per heavy atom. The van der Waals surface area contributed by atoms with E-state index in [0.717, 1.165) is 12.2 Å². The van der Waals surface area contributed by atoms with Crippen LogP contribution in [0.1, 0.15) is 12.0 Å². The van der Waals surface area contributed by atoms with Gasteiger partial charge in [-0.25, -0.2) is 13.1 Å². The third-order valence-electron chi connectivity index (χ3n) is 2.32. The van der Waals surface area contributed by atoms with E-state index in [-0.39, 0.29) is 11.4 Å². The number of benzene rings is 1. The molecular formula is C13H18N2O2S2. The fourth-order valence-corrected chi connectivity index (χ4v) is 3.12. The quantitative estimate of drug-likeness (QED) is 0.608. The van der Waals surface area contributed by atoms with Gasteiger partial charge in [0.2, 0.25) is 10.0 Å². The van der Waals surface area contributed by atoms with Crippen LogP contribution in [0.25, 0.3) is 0 Å². The van der Waals surface area contributed by atoms with Gasteiger partial charge < -0.3 is 5.73 Å². The van der Waals surface area contributed by atoms with Crippen LogP contribution in [0.4, 0.5) is 0 Å². The van der Waals surface area contributed by atoms with Crippen molar-refractivity contribution in [1.82, 2.24) is 4.72 Å². The van der Waals surface area contributed by atoms with Gasteiger partial charge in [-0.05, 0) is 30.6 Å². The van der Waals surface area contributed by atoms with Gasteiger partial charge in [-0.3, -0.25) is 0 Å². The van der Waals surface area contributed by atoms with Crippen LogP contribution in [-0.4, -0.2) is 33.5 Å². The summed E-state index contributed by atoms with van der Waals surface area (Å²) in [7, 11) is -3.50. The zero-order valence-corrected chi connectivity index (χ0v) is 12.5. The number of sulfonamides is 1. The lowest BCUT2D eigenvalue weighted by molar-refractivity contribution is 0.581. The van der Waals surface area contributed by atoms with Crippen molar-refractivity contribution in [2.24, 2.45) is 5.73 Å². The van der Waals surface area contributed by atoms with Gasteiger partial charge in [0, 0.05) is 12.1 Å². The average molecular weight is 298 g/mol. The van der Waals surface area contributed by atoms with Gasteiger partial charge in [0.15, 0.2) is 0 Å². The third-order valence-corrected chi connectivity index (χ3v) is 4.54. The maximum atomic E-state index is 12.2. The molecule has 0 saturated heterocycles. The molecule has 0 heterocycles. The molecule has 4 nitrogen and oxygen atoms in total. The summed E-state index contributed by atoms with van der Waals surface area (Å²) in [6.07, 6.45) is 2.79. The van der Waals surface area contributed by atoms with Crippen LogP contribution >= 0.6 is 11.8 Å². The SMILES string of the molecule is CSCCCNS(=O)(=O)c1ccccc1C#CCN. The molecule has 3 N–H and O–H groups in total. The molecule has 0 spiro atoms. The van der Waals surface area contributed by atoms with Gasteiger partial charge in [-0.1, -0.05) is 24.0 Å². The van der Waals surface area contributed by atoms with Crippen LogP contribution in [0.2, 0.25) is 0 Å². The molecule has 1 aromatic rings. The highest BCUT2D eigenvalue weighted by Gasteiger charge is 2.16. The molecule has 19 heavy (non-hydrogen) atoms. The number of nitrogens with one attached hydrogen (secondary N) is 1. The molecule has 0 aliphatic carbocycles. The van der Waals surface area contributed by atoms with Crippen LogP contribution in [0.15, 0.2) is 29.2 Å². The normalized spacial score (nSPS) is 10.8. The number of hydrogen-bond acceptors (Lipinski definition) is 4. The van der Waals surface area contributed by atoms with E-state index in [9.17, 15) is 8.42 Å². The minimum Gasteiger partial charge on any atom is -0.320 e. The highest BCUT2D eigenvalue weighted by atomic mass is 32.2. The molecule has 0 aromatic heterocycles. The summed E-state index contributed by atoms with van der Waals surface area (Å²) in [6, 6.07) is 6.67. The summed E-state index contributed by atoms with van der Waals surface area (Å²) in [5, 5.41) is 0. The Bertz CT molecular complexity index is 559. The summed E-state index contributed by atoms with van der Waals surface area (Å²) in [4.78, 5) is 0.208. The van der Waals surface area contributed by atoms with Crippen molar-refractivity contribution in [3.8, 4) is 11.8 Å². The predicted molar refractivity (Wildman–Crippen MR) is 80.6 cm³/mol. The summed E-state index contributed by atoms with van der Waals surface area (Å²) < 4.78 is 26.9. The zero-order valence-electron chi connectivity index (χ0n) is 10.8.